The maximum atomic E-state index is 13.3. The van der Waals surface area contributed by atoms with Crippen molar-refractivity contribution in [1.82, 2.24) is 20.0 Å². The van der Waals surface area contributed by atoms with E-state index in [1.54, 1.807) is 4.68 Å². The molecule has 0 aliphatic carbocycles. The summed E-state index contributed by atoms with van der Waals surface area (Å²) in [7, 11) is 0. The van der Waals surface area contributed by atoms with Crippen molar-refractivity contribution in [1.29, 1.82) is 0 Å². The van der Waals surface area contributed by atoms with Gasteiger partial charge >= 0.3 is 0 Å². The fourth-order valence-corrected chi connectivity index (χ4v) is 4.60. The average molecular weight is 467 g/mol. The zero-order valence-corrected chi connectivity index (χ0v) is 20.0. The lowest BCUT2D eigenvalue weighted by Gasteiger charge is -2.25. The summed E-state index contributed by atoms with van der Waals surface area (Å²) in [5.41, 5.74) is 1.94. The lowest BCUT2D eigenvalue weighted by molar-refractivity contribution is -0.124. The molecule has 1 N–H and O–H groups in total. The number of rotatable bonds is 8. The van der Waals surface area contributed by atoms with Crippen LogP contribution in [0.4, 0.5) is 0 Å². The first-order valence-corrected chi connectivity index (χ1v) is 12.0. The number of amides is 1. The molecule has 1 amide bonds. The lowest BCUT2D eigenvalue weighted by atomic mass is 10.0. The zero-order chi connectivity index (χ0) is 23.4. The van der Waals surface area contributed by atoms with E-state index in [1.807, 2.05) is 62.4 Å². The van der Waals surface area contributed by atoms with Gasteiger partial charge in [0.25, 0.3) is 5.56 Å². The molecule has 1 fully saturated rings. The molecule has 0 saturated carbocycles. The molecule has 2 aromatic carbocycles. The van der Waals surface area contributed by atoms with Crippen LogP contribution in [0, 0.1) is 5.92 Å². The molecule has 6 nitrogen and oxygen atoms in total. The first kappa shape index (κ1) is 23.5. The summed E-state index contributed by atoms with van der Waals surface area (Å²) < 4.78 is 1.64. The van der Waals surface area contributed by atoms with Crippen LogP contribution in [0.3, 0.4) is 0 Å². The minimum Gasteiger partial charge on any atom is -0.355 e. The van der Waals surface area contributed by atoms with E-state index in [9.17, 15) is 9.59 Å². The van der Waals surface area contributed by atoms with E-state index >= 15 is 0 Å². The Bertz CT molecular complexity index is 1170. The number of nitrogens with zero attached hydrogens (tertiary/aromatic N) is 3. The van der Waals surface area contributed by atoms with Gasteiger partial charge in [0.15, 0.2) is 0 Å². The number of halogens is 1. The minimum atomic E-state index is -0.0505. The third-order valence-corrected chi connectivity index (χ3v) is 6.59. The quantitative estimate of drug-likeness (QED) is 0.547. The van der Waals surface area contributed by atoms with Crippen molar-refractivity contribution in [2.75, 3.05) is 19.6 Å². The number of hydrogen-bond acceptors (Lipinski definition) is 4. The highest BCUT2D eigenvalue weighted by Crippen LogP contribution is 2.21. The fourth-order valence-electron chi connectivity index (χ4n) is 4.48. The molecule has 1 saturated heterocycles. The van der Waals surface area contributed by atoms with Crippen molar-refractivity contribution in [3.8, 4) is 0 Å². The monoisotopic (exact) mass is 466 g/mol. The smallest absolute Gasteiger partial charge is 0.274 e. The fraction of sp³-hybridized carbons (Fsp3) is 0.423. The summed E-state index contributed by atoms with van der Waals surface area (Å²) >= 11 is 6.04. The van der Waals surface area contributed by atoms with Crippen LogP contribution in [0.1, 0.15) is 37.9 Å². The molecule has 174 valence electrons. The van der Waals surface area contributed by atoms with Crippen LogP contribution >= 0.6 is 11.6 Å². The summed E-state index contributed by atoms with van der Waals surface area (Å²) in [6.07, 6.45) is 2.74. The Morgan fingerprint density at radius 3 is 2.61 bits per heavy atom. The highest BCUT2D eigenvalue weighted by Gasteiger charge is 2.26. The van der Waals surface area contributed by atoms with Crippen molar-refractivity contribution in [3.05, 3.63) is 75.2 Å². The Morgan fingerprint density at radius 1 is 1.15 bits per heavy atom. The van der Waals surface area contributed by atoms with Crippen LogP contribution < -0.4 is 10.9 Å². The summed E-state index contributed by atoms with van der Waals surface area (Å²) in [5.74, 6) is 0.0591. The molecule has 2 heterocycles. The van der Waals surface area contributed by atoms with Gasteiger partial charge in [-0.3, -0.25) is 14.5 Å². The molecule has 0 radical (unpaired) electrons. The van der Waals surface area contributed by atoms with Crippen LogP contribution in [-0.2, 0) is 17.8 Å². The maximum absolute atomic E-state index is 13.3. The third-order valence-electron chi connectivity index (χ3n) is 6.33. The highest BCUT2D eigenvalue weighted by molar-refractivity contribution is 6.30. The van der Waals surface area contributed by atoms with Crippen LogP contribution in [0.5, 0.6) is 0 Å². The third kappa shape index (κ3) is 5.63. The van der Waals surface area contributed by atoms with Gasteiger partial charge in [-0.05, 0) is 43.1 Å². The molecule has 1 aromatic heterocycles. The Kier molecular flexibility index (Phi) is 7.46. The number of hydrogen-bond donors (Lipinski definition) is 1. The molecule has 0 bridgehead atoms. The average Bonchev–Trinajstić information content (AvgIpc) is 3.25. The number of nitrogens with one attached hydrogen (secondary N) is 1. The van der Waals surface area contributed by atoms with E-state index < -0.39 is 0 Å². The zero-order valence-electron chi connectivity index (χ0n) is 19.3. The number of carbonyl (C=O) groups excluding carboxylic acids is 1. The van der Waals surface area contributed by atoms with Crippen molar-refractivity contribution in [2.45, 2.75) is 45.7 Å². The number of carbonyl (C=O) groups is 1. The molecule has 1 aliphatic rings. The van der Waals surface area contributed by atoms with E-state index in [0.717, 1.165) is 42.6 Å². The SMILES string of the molecule is CC(C)C(=O)NCCN1CCCC1Cn1nc(Cc2ccc(Cl)cc2)c2ccccc2c1=O. The van der Waals surface area contributed by atoms with Crippen molar-refractivity contribution in [3.63, 3.8) is 0 Å². The van der Waals surface area contributed by atoms with Gasteiger partial charge in [-0.25, -0.2) is 4.68 Å². The van der Waals surface area contributed by atoms with E-state index in [1.165, 1.54) is 0 Å². The van der Waals surface area contributed by atoms with Gasteiger partial charge in [-0.2, -0.15) is 5.10 Å². The molecule has 7 heteroatoms. The van der Waals surface area contributed by atoms with Crippen molar-refractivity contribution < 1.29 is 4.79 Å². The second-order valence-electron chi connectivity index (χ2n) is 9.06. The van der Waals surface area contributed by atoms with Crippen molar-refractivity contribution >= 4 is 28.3 Å². The molecule has 0 spiro atoms. The maximum Gasteiger partial charge on any atom is 0.274 e. The minimum absolute atomic E-state index is 0.0150. The van der Waals surface area contributed by atoms with E-state index in [0.29, 0.717) is 29.9 Å². The summed E-state index contributed by atoms with van der Waals surface area (Å²) in [4.78, 5) is 27.5. The van der Waals surface area contributed by atoms with Crippen LogP contribution in [0.15, 0.2) is 53.3 Å². The second-order valence-corrected chi connectivity index (χ2v) is 9.50. The topological polar surface area (TPSA) is 67.2 Å². The van der Waals surface area contributed by atoms with Gasteiger partial charge < -0.3 is 5.32 Å². The predicted octanol–water partition coefficient (Wildman–Crippen LogP) is 3.88. The van der Waals surface area contributed by atoms with Crippen molar-refractivity contribution in [2.24, 2.45) is 5.92 Å². The van der Waals surface area contributed by atoms with Gasteiger partial charge in [0.1, 0.15) is 0 Å². The molecule has 4 rings (SSSR count). The molecule has 1 unspecified atom stereocenters. The van der Waals surface area contributed by atoms with E-state index in [4.69, 9.17) is 16.7 Å². The van der Waals surface area contributed by atoms with Gasteiger partial charge in [0.2, 0.25) is 5.91 Å². The molecular formula is C26H31ClN4O2. The Hall–Kier alpha value is -2.70. The van der Waals surface area contributed by atoms with Gasteiger partial charge in [-0.15, -0.1) is 0 Å². The summed E-state index contributed by atoms with van der Waals surface area (Å²) in [6, 6.07) is 15.7. The summed E-state index contributed by atoms with van der Waals surface area (Å²) in [6.45, 7) is 6.72. The normalized spacial score (nSPS) is 16.5. The lowest BCUT2D eigenvalue weighted by Crippen LogP contribution is -2.42. The van der Waals surface area contributed by atoms with E-state index in [-0.39, 0.29) is 23.4 Å². The van der Waals surface area contributed by atoms with Crippen LogP contribution in [0.25, 0.3) is 10.8 Å². The van der Waals surface area contributed by atoms with Crippen LogP contribution in [-0.4, -0.2) is 46.3 Å². The predicted molar refractivity (Wildman–Crippen MR) is 133 cm³/mol. The molecule has 1 aliphatic heterocycles. The number of likely N-dealkylation sites (tertiary alicyclic amines) is 1. The molecule has 3 aromatic rings. The number of benzene rings is 2. The highest BCUT2D eigenvalue weighted by atomic mass is 35.5. The Morgan fingerprint density at radius 2 is 1.88 bits per heavy atom. The molecular weight excluding hydrogens is 436 g/mol. The van der Waals surface area contributed by atoms with Gasteiger partial charge in [-0.1, -0.05) is 55.8 Å². The van der Waals surface area contributed by atoms with Gasteiger partial charge in [0, 0.05) is 41.9 Å². The Balaban J connectivity index is 1.55. The Labute approximate surface area is 199 Å². The molecule has 1 atom stereocenters. The first-order valence-electron chi connectivity index (χ1n) is 11.7. The van der Waals surface area contributed by atoms with Gasteiger partial charge in [0.05, 0.1) is 17.6 Å². The number of aromatic nitrogens is 2. The second kappa shape index (κ2) is 10.5. The standard InChI is InChI=1S/C26H31ClN4O2/c1-18(2)25(32)28-13-15-30-14-5-6-21(30)17-31-26(33)23-8-4-3-7-22(23)24(29-31)16-19-9-11-20(27)12-10-19/h3-4,7-12,18,21H,5-6,13-17H2,1-2H3,(H,28,32). The number of fused-ring (bicyclic) bond motifs is 1. The largest absolute Gasteiger partial charge is 0.355 e. The van der Waals surface area contributed by atoms with E-state index in [2.05, 4.69) is 10.2 Å². The first-order chi connectivity index (χ1) is 15.9. The van der Waals surface area contributed by atoms with Crippen LogP contribution in [0.2, 0.25) is 5.02 Å². The molecule has 33 heavy (non-hydrogen) atoms. The summed E-state index contributed by atoms with van der Waals surface area (Å²) in [5, 5.41) is 10.1.